The quantitative estimate of drug-likeness (QED) is 0.758. The van der Waals surface area contributed by atoms with Crippen LogP contribution in [0.2, 0.25) is 0 Å². The van der Waals surface area contributed by atoms with Gasteiger partial charge in [0.2, 0.25) is 0 Å². The lowest BCUT2D eigenvalue weighted by Gasteiger charge is -2.27. The molecule has 0 radical (unpaired) electrons. The number of carbonyl (C=O) groups excluding carboxylic acids is 1. The standard InChI is InChI=1S/C12H25NO5S/c1-7-9(10(8-2)18-19(6,15)16)13-11(14)17-12(3,4)5/h9-10H,7-8H2,1-6H3,(H,13,14). The lowest BCUT2D eigenvalue weighted by molar-refractivity contribution is 0.0442. The summed E-state index contributed by atoms with van der Waals surface area (Å²) in [6.45, 7) is 8.93. The van der Waals surface area contributed by atoms with E-state index in [0.717, 1.165) is 6.26 Å². The number of nitrogens with one attached hydrogen (secondary N) is 1. The van der Waals surface area contributed by atoms with Crippen LogP contribution in [0.25, 0.3) is 0 Å². The number of rotatable bonds is 6. The number of alkyl carbamates (subject to hydrolysis) is 1. The Morgan fingerprint density at radius 1 is 1.21 bits per heavy atom. The van der Waals surface area contributed by atoms with Gasteiger partial charge in [-0.1, -0.05) is 13.8 Å². The molecule has 0 bridgehead atoms. The first-order valence-corrected chi connectivity index (χ1v) is 8.18. The molecule has 0 aliphatic carbocycles. The van der Waals surface area contributed by atoms with Gasteiger partial charge in [-0.05, 0) is 33.6 Å². The molecule has 7 heteroatoms. The summed E-state index contributed by atoms with van der Waals surface area (Å²) in [5.41, 5.74) is -0.595. The molecule has 0 saturated heterocycles. The van der Waals surface area contributed by atoms with E-state index >= 15 is 0 Å². The van der Waals surface area contributed by atoms with Gasteiger partial charge in [-0.25, -0.2) is 4.79 Å². The van der Waals surface area contributed by atoms with Gasteiger partial charge in [0.15, 0.2) is 0 Å². The van der Waals surface area contributed by atoms with Gasteiger partial charge in [0, 0.05) is 0 Å². The molecule has 0 aromatic heterocycles. The topological polar surface area (TPSA) is 81.7 Å². The molecule has 2 atom stereocenters. The molecule has 0 aliphatic heterocycles. The fourth-order valence-electron chi connectivity index (χ4n) is 1.56. The van der Waals surface area contributed by atoms with E-state index < -0.39 is 34.0 Å². The predicted molar refractivity (Wildman–Crippen MR) is 73.5 cm³/mol. The predicted octanol–water partition coefficient (Wildman–Crippen LogP) is 2.04. The highest BCUT2D eigenvalue weighted by Gasteiger charge is 2.26. The maximum Gasteiger partial charge on any atom is 0.407 e. The minimum absolute atomic E-state index is 0.408. The molecule has 0 aromatic carbocycles. The van der Waals surface area contributed by atoms with Gasteiger partial charge in [0.25, 0.3) is 10.1 Å². The zero-order valence-corrected chi connectivity index (χ0v) is 13.3. The van der Waals surface area contributed by atoms with Crippen molar-refractivity contribution in [3.63, 3.8) is 0 Å². The third-order valence-electron chi connectivity index (χ3n) is 2.29. The highest BCUT2D eigenvalue weighted by molar-refractivity contribution is 7.86. The van der Waals surface area contributed by atoms with E-state index in [1.54, 1.807) is 27.7 Å². The summed E-state index contributed by atoms with van der Waals surface area (Å²) in [7, 11) is -3.55. The molecule has 0 fully saturated rings. The van der Waals surface area contributed by atoms with Crippen LogP contribution < -0.4 is 5.32 Å². The van der Waals surface area contributed by atoms with Crippen LogP contribution in [0, 0.1) is 0 Å². The van der Waals surface area contributed by atoms with Gasteiger partial charge in [-0.2, -0.15) is 8.42 Å². The van der Waals surface area contributed by atoms with Gasteiger partial charge in [0.05, 0.1) is 18.4 Å². The Labute approximate surface area is 116 Å². The average molecular weight is 295 g/mol. The molecule has 6 nitrogen and oxygen atoms in total. The van der Waals surface area contributed by atoms with Gasteiger partial charge in [-0.15, -0.1) is 0 Å². The fourth-order valence-corrected chi connectivity index (χ4v) is 2.28. The Hall–Kier alpha value is -0.820. The first-order valence-electron chi connectivity index (χ1n) is 6.36. The van der Waals surface area contributed by atoms with E-state index in [-0.39, 0.29) is 0 Å². The van der Waals surface area contributed by atoms with Crippen LogP contribution in [0.4, 0.5) is 4.79 Å². The Balaban J connectivity index is 4.67. The largest absolute Gasteiger partial charge is 0.444 e. The molecular weight excluding hydrogens is 270 g/mol. The van der Waals surface area contributed by atoms with Crippen molar-refractivity contribution in [2.75, 3.05) is 6.26 Å². The van der Waals surface area contributed by atoms with Crippen LogP contribution >= 0.6 is 0 Å². The molecule has 1 amide bonds. The second-order valence-corrected chi connectivity index (χ2v) is 7.01. The van der Waals surface area contributed by atoms with Gasteiger partial charge in [0.1, 0.15) is 5.60 Å². The number of hydrogen-bond acceptors (Lipinski definition) is 5. The second-order valence-electron chi connectivity index (χ2n) is 5.41. The molecule has 1 N–H and O–H groups in total. The maximum atomic E-state index is 11.7. The zero-order valence-electron chi connectivity index (χ0n) is 12.5. The van der Waals surface area contributed by atoms with Crippen LogP contribution in [-0.2, 0) is 19.0 Å². The molecule has 0 heterocycles. The summed E-state index contributed by atoms with van der Waals surface area (Å²) < 4.78 is 32.5. The lowest BCUT2D eigenvalue weighted by Crippen LogP contribution is -2.46. The number of carbonyl (C=O) groups is 1. The summed E-state index contributed by atoms with van der Waals surface area (Å²) >= 11 is 0. The van der Waals surface area contributed by atoms with E-state index in [1.807, 2.05) is 6.92 Å². The van der Waals surface area contributed by atoms with Crippen molar-refractivity contribution >= 4 is 16.2 Å². The third kappa shape index (κ3) is 8.83. The van der Waals surface area contributed by atoms with Crippen molar-refractivity contribution in [2.24, 2.45) is 0 Å². The Morgan fingerprint density at radius 3 is 2.05 bits per heavy atom. The molecule has 2 unspecified atom stereocenters. The number of ether oxygens (including phenoxy) is 1. The Morgan fingerprint density at radius 2 is 1.74 bits per heavy atom. The van der Waals surface area contributed by atoms with Crippen molar-refractivity contribution in [1.29, 1.82) is 0 Å². The summed E-state index contributed by atoms with van der Waals surface area (Å²) in [4.78, 5) is 11.7. The van der Waals surface area contributed by atoms with E-state index in [2.05, 4.69) is 5.32 Å². The highest BCUT2D eigenvalue weighted by Crippen LogP contribution is 2.13. The van der Waals surface area contributed by atoms with Gasteiger partial charge < -0.3 is 10.1 Å². The van der Waals surface area contributed by atoms with Crippen LogP contribution in [0.3, 0.4) is 0 Å². The van der Waals surface area contributed by atoms with Crippen LogP contribution in [0.15, 0.2) is 0 Å². The molecular formula is C12H25NO5S. The van der Waals surface area contributed by atoms with Crippen LogP contribution in [0.5, 0.6) is 0 Å². The van der Waals surface area contributed by atoms with Crippen molar-refractivity contribution in [2.45, 2.75) is 65.2 Å². The van der Waals surface area contributed by atoms with E-state index in [9.17, 15) is 13.2 Å². The van der Waals surface area contributed by atoms with Crippen LogP contribution in [0.1, 0.15) is 47.5 Å². The third-order valence-corrected chi connectivity index (χ3v) is 2.89. The molecule has 19 heavy (non-hydrogen) atoms. The minimum Gasteiger partial charge on any atom is -0.444 e. The Kier molecular flexibility index (Phi) is 6.79. The van der Waals surface area contributed by atoms with Gasteiger partial charge in [-0.3, -0.25) is 4.18 Å². The first-order chi connectivity index (χ1) is 8.48. The average Bonchev–Trinajstić information content (AvgIpc) is 2.19. The number of hydrogen-bond donors (Lipinski definition) is 1. The monoisotopic (exact) mass is 295 g/mol. The summed E-state index contributed by atoms with van der Waals surface area (Å²) in [6.07, 6.45) is 0.854. The molecule has 0 rings (SSSR count). The maximum absolute atomic E-state index is 11.7. The smallest absolute Gasteiger partial charge is 0.407 e. The SMILES string of the molecule is CCC(NC(=O)OC(C)(C)C)C(CC)OS(C)(=O)=O. The summed E-state index contributed by atoms with van der Waals surface area (Å²) in [6, 6.07) is -0.408. The minimum atomic E-state index is -3.55. The van der Waals surface area contributed by atoms with Crippen LogP contribution in [-0.4, -0.2) is 38.5 Å². The van der Waals surface area contributed by atoms with Crippen molar-refractivity contribution in [1.82, 2.24) is 5.32 Å². The van der Waals surface area contributed by atoms with Crippen molar-refractivity contribution in [3.8, 4) is 0 Å². The van der Waals surface area contributed by atoms with E-state index in [0.29, 0.717) is 12.8 Å². The summed E-state index contributed by atoms with van der Waals surface area (Å²) in [5, 5.41) is 2.65. The summed E-state index contributed by atoms with van der Waals surface area (Å²) in [5.74, 6) is 0. The van der Waals surface area contributed by atoms with Crippen molar-refractivity contribution < 1.29 is 22.1 Å². The Bertz CT molecular complexity index is 385. The first kappa shape index (κ1) is 18.2. The number of amides is 1. The van der Waals surface area contributed by atoms with Crippen molar-refractivity contribution in [3.05, 3.63) is 0 Å². The fraction of sp³-hybridized carbons (Fsp3) is 0.917. The van der Waals surface area contributed by atoms with Gasteiger partial charge >= 0.3 is 6.09 Å². The van der Waals surface area contributed by atoms with E-state index in [4.69, 9.17) is 8.92 Å². The highest BCUT2D eigenvalue weighted by atomic mass is 32.2. The lowest BCUT2D eigenvalue weighted by atomic mass is 10.1. The zero-order chi connectivity index (χ0) is 15.3. The second kappa shape index (κ2) is 7.09. The molecule has 0 spiro atoms. The molecule has 0 aromatic rings. The molecule has 0 aliphatic rings. The normalized spacial score (nSPS) is 15.7. The van der Waals surface area contributed by atoms with E-state index in [1.165, 1.54) is 0 Å². The molecule has 0 saturated carbocycles. The molecule has 114 valence electrons.